The molecular weight excluding hydrogens is 126 g/mol. The van der Waals surface area contributed by atoms with E-state index in [1.807, 2.05) is 0 Å². The Morgan fingerprint density at radius 1 is 1.10 bits per heavy atom. The molecule has 0 amide bonds. The number of hydrogen-bond acceptors (Lipinski definition) is 3. The van der Waals surface area contributed by atoms with E-state index in [2.05, 4.69) is 15.2 Å². The van der Waals surface area contributed by atoms with E-state index >= 15 is 0 Å². The molecule has 52 valence electrons. The lowest BCUT2D eigenvalue weighted by Gasteiger charge is -2.10. The third-order valence-corrected chi connectivity index (χ3v) is 1.85. The molecule has 0 bridgehead atoms. The Balaban J connectivity index is 2.41. The third-order valence-electron chi connectivity index (χ3n) is 1.85. The van der Waals surface area contributed by atoms with Gasteiger partial charge in [0.1, 0.15) is 6.33 Å². The van der Waals surface area contributed by atoms with Crippen molar-refractivity contribution in [1.82, 2.24) is 15.2 Å². The van der Waals surface area contributed by atoms with Crippen LogP contribution in [0.1, 0.15) is 24.2 Å². The van der Waals surface area contributed by atoms with Gasteiger partial charge in [-0.25, -0.2) is 4.98 Å². The van der Waals surface area contributed by atoms with Crippen LogP contribution in [-0.2, 0) is 12.8 Å². The number of hydrogen-bond donors (Lipinski definition) is 0. The second-order valence-corrected chi connectivity index (χ2v) is 2.56. The van der Waals surface area contributed by atoms with Gasteiger partial charge in [0.2, 0.25) is 0 Å². The van der Waals surface area contributed by atoms with Crippen LogP contribution in [0, 0.1) is 0 Å². The molecule has 0 aromatic carbocycles. The van der Waals surface area contributed by atoms with Gasteiger partial charge in [-0.1, -0.05) is 0 Å². The summed E-state index contributed by atoms with van der Waals surface area (Å²) in [7, 11) is 0. The topological polar surface area (TPSA) is 38.7 Å². The molecule has 0 fully saturated rings. The number of aryl methyl sites for hydroxylation is 2. The number of nitrogens with zero attached hydrogens (tertiary/aromatic N) is 3. The molecule has 2 rings (SSSR count). The normalized spacial score (nSPS) is 16.4. The van der Waals surface area contributed by atoms with Gasteiger partial charge in [-0.05, 0) is 25.7 Å². The molecule has 0 unspecified atom stereocenters. The summed E-state index contributed by atoms with van der Waals surface area (Å²) in [6, 6.07) is 0. The molecule has 0 aliphatic heterocycles. The molecule has 0 radical (unpaired) electrons. The zero-order chi connectivity index (χ0) is 6.81. The van der Waals surface area contributed by atoms with Crippen LogP contribution < -0.4 is 0 Å². The Kier molecular flexibility index (Phi) is 1.34. The van der Waals surface area contributed by atoms with Crippen molar-refractivity contribution in [2.75, 3.05) is 0 Å². The Bertz CT molecular complexity index is 209. The minimum absolute atomic E-state index is 1.07. The van der Waals surface area contributed by atoms with Crippen LogP contribution in [-0.4, -0.2) is 15.2 Å². The van der Waals surface area contributed by atoms with Crippen LogP contribution in [0.2, 0.25) is 0 Å². The first-order valence-corrected chi connectivity index (χ1v) is 3.62. The Labute approximate surface area is 59.5 Å². The molecule has 0 atom stereocenters. The molecule has 0 spiro atoms. The molecule has 0 N–H and O–H groups in total. The van der Waals surface area contributed by atoms with Gasteiger partial charge < -0.3 is 0 Å². The van der Waals surface area contributed by atoms with E-state index in [4.69, 9.17) is 0 Å². The maximum Gasteiger partial charge on any atom is 0.138 e. The lowest BCUT2D eigenvalue weighted by molar-refractivity contribution is 0.631. The molecule has 3 heteroatoms. The molecule has 3 nitrogen and oxygen atoms in total. The maximum absolute atomic E-state index is 4.15. The van der Waals surface area contributed by atoms with Gasteiger partial charge in [-0.15, -0.1) is 5.10 Å². The first kappa shape index (κ1) is 5.77. The van der Waals surface area contributed by atoms with Crippen molar-refractivity contribution in [3.05, 3.63) is 17.7 Å². The highest BCUT2D eigenvalue weighted by Crippen LogP contribution is 2.14. The monoisotopic (exact) mass is 135 g/mol. The summed E-state index contributed by atoms with van der Waals surface area (Å²) in [6.07, 6.45) is 6.18. The van der Waals surface area contributed by atoms with E-state index in [1.165, 1.54) is 19.2 Å². The van der Waals surface area contributed by atoms with Crippen LogP contribution in [0.5, 0.6) is 0 Å². The quantitative estimate of drug-likeness (QED) is 0.527. The van der Waals surface area contributed by atoms with E-state index < -0.39 is 0 Å². The largest absolute Gasteiger partial charge is 0.238 e. The summed E-state index contributed by atoms with van der Waals surface area (Å²) in [5, 5.41) is 7.74. The second kappa shape index (κ2) is 2.33. The molecule has 1 aromatic heterocycles. The Morgan fingerprint density at radius 2 is 1.90 bits per heavy atom. The number of fused-ring (bicyclic) bond motifs is 1. The van der Waals surface area contributed by atoms with Gasteiger partial charge in [-0.3, -0.25) is 0 Å². The van der Waals surface area contributed by atoms with Crippen LogP contribution in [0.25, 0.3) is 0 Å². The second-order valence-electron chi connectivity index (χ2n) is 2.56. The molecule has 0 saturated carbocycles. The zero-order valence-corrected chi connectivity index (χ0v) is 5.75. The van der Waals surface area contributed by atoms with Crippen molar-refractivity contribution >= 4 is 0 Å². The summed E-state index contributed by atoms with van der Waals surface area (Å²) in [6.45, 7) is 0. The molecular formula is C7H9N3. The van der Waals surface area contributed by atoms with E-state index in [0.717, 1.165) is 24.2 Å². The smallest absolute Gasteiger partial charge is 0.138 e. The van der Waals surface area contributed by atoms with Crippen molar-refractivity contribution < 1.29 is 0 Å². The zero-order valence-electron chi connectivity index (χ0n) is 5.75. The minimum Gasteiger partial charge on any atom is -0.238 e. The highest BCUT2D eigenvalue weighted by atomic mass is 15.1. The van der Waals surface area contributed by atoms with Crippen molar-refractivity contribution in [1.29, 1.82) is 0 Å². The summed E-state index contributed by atoms with van der Waals surface area (Å²) in [5.41, 5.74) is 2.26. The van der Waals surface area contributed by atoms with E-state index in [0.29, 0.717) is 0 Å². The Hall–Kier alpha value is -0.990. The van der Waals surface area contributed by atoms with Gasteiger partial charge in [0.25, 0.3) is 0 Å². The van der Waals surface area contributed by atoms with Crippen LogP contribution in [0.4, 0.5) is 0 Å². The van der Waals surface area contributed by atoms with Crippen molar-refractivity contribution in [3.63, 3.8) is 0 Å². The van der Waals surface area contributed by atoms with Crippen molar-refractivity contribution in [2.24, 2.45) is 0 Å². The number of rotatable bonds is 0. The summed E-state index contributed by atoms with van der Waals surface area (Å²) in [4.78, 5) is 4.15. The lowest BCUT2D eigenvalue weighted by atomic mass is 10.0. The van der Waals surface area contributed by atoms with Crippen molar-refractivity contribution in [2.45, 2.75) is 25.7 Å². The van der Waals surface area contributed by atoms with Gasteiger partial charge in [0.05, 0.1) is 11.4 Å². The third kappa shape index (κ3) is 0.875. The van der Waals surface area contributed by atoms with Gasteiger partial charge in [0, 0.05) is 0 Å². The maximum atomic E-state index is 4.15. The predicted octanol–water partition coefficient (Wildman–Crippen LogP) is 0.750. The predicted molar refractivity (Wildman–Crippen MR) is 36.5 cm³/mol. The fraction of sp³-hybridized carbons (Fsp3) is 0.571. The van der Waals surface area contributed by atoms with E-state index in [-0.39, 0.29) is 0 Å². The molecule has 10 heavy (non-hydrogen) atoms. The summed E-state index contributed by atoms with van der Waals surface area (Å²) < 4.78 is 0. The fourth-order valence-electron chi connectivity index (χ4n) is 1.31. The molecule has 1 aliphatic rings. The van der Waals surface area contributed by atoms with E-state index in [9.17, 15) is 0 Å². The number of aromatic nitrogens is 3. The first-order valence-electron chi connectivity index (χ1n) is 3.62. The lowest BCUT2D eigenvalue weighted by Crippen LogP contribution is -2.08. The molecule has 1 heterocycles. The highest BCUT2D eigenvalue weighted by Gasteiger charge is 2.10. The summed E-state index contributed by atoms with van der Waals surface area (Å²) >= 11 is 0. The van der Waals surface area contributed by atoms with Crippen LogP contribution in [0.15, 0.2) is 6.33 Å². The van der Waals surface area contributed by atoms with Gasteiger partial charge in [-0.2, -0.15) is 5.10 Å². The fourth-order valence-corrected chi connectivity index (χ4v) is 1.31. The van der Waals surface area contributed by atoms with Gasteiger partial charge in [0.15, 0.2) is 0 Å². The SMILES string of the molecule is c1nnc2c(n1)CCCC2. The van der Waals surface area contributed by atoms with Crippen molar-refractivity contribution in [3.8, 4) is 0 Å². The highest BCUT2D eigenvalue weighted by molar-refractivity contribution is 5.11. The molecule has 0 saturated heterocycles. The minimum atomic E-state index is 1.07. The summed E-state index contributed by atoms with van der Waals surface area (Å²) in [5.74, 6) is 0. The molecule has 1 aromatic rings. The first-order chi connectivity index (χ1) is 4.97. The van der Waals surface area contributed by atoms with Crippen LogP contribution in [0.3, 0.4) is 0 Å². The average molecular weight is 135 g/mol. The average Bonchev–Trinajstić information content (AvgIpc) is 2.05. The Morgan fingerprint density at radius 3 is 2.70 bits per heavy atom. The molecule has 1 aliphatic carbocycles. The van der Waals surface area contributed by atoms with E-state index in [1.54, 1.807) is 0 Å². The van der Waals surface area contributed by atoms with Gasteiger partial charge >= 0.3 is 0 Å². The van der Waals surface area contributed by atoms with Crippen LogP contribution >= 0.6 is 0 Å². The standard InChI is InChI=1S/C7H9N3/c1-2-4-7-6(3-1)8-5-9-10-7/h5H,1-4H2.